The SMILES string of the molecule is Cc1ccc(CN2CC[C@H](NC(=O)CNC(=O)c3cc(C(F)(F)F)ccc3N)C2)cc1N(C(N)=O)C(N)=O. The Morgan fingerprint density at radius 2 is 1.76 bits per heavy atom. The molecule has 2 aromatic rings. The Labute approximate surface area is 216 Å². The van der Waals surface area contributed by atoms with Gasteiger partial charge < -0.3 is 27.8 Å². The molecule has 0 aliphatic carbocycles. The maximum Gasteiger partial charge on any atom is 0.416 e. The third kappa shape index (κ3) is 6.91. The van der Waals surface area contributed by atoms with Gasteiger partial charge in [0.05, 0.1) is 23.4 Å². The lowest BCUT2D eigenvalue weighted by Gasteiger charge is -2.21. The van der Waals surface area contributed by atoms with Crippen molar-refractivity contribution in [1.82, 2.24) is 15.5 Å². The molecule has 0 radical (unpaired) electrons. The van der Waals surface area contributed by atoms with Crippen LogP contribution in [0.15, 0.2) is 36.4 Å². The second-order valence-electron chi connectivity index (χ2n) is 8.90. The van der Waals surface area contributed by atoms with Gasteiger partial charge in [0.2, 0.25) is 5.91 Å². The lowest BCUT2D eigenvalue weighted by molar-refractivity contribution is -0.137. The van der Waals surface area contributed by atoms with E-state index in [4.69, 9.17) is 17.2 Å². The molecule has 1 fully saturated rings. The van der Waals surface area contributed by atoms with Crippen LogP contribution < -0.4 is 32.7 Å². The summed E-state index contributed by atoms with van der Waals surface area (Å²) in [6.45, 7) is 2.84. The van der Waals surface area contributed by atoms with E-state index in [1.165, 1.54) is 0 Å². The zero-order valence-corrected chi connectivity index (χ0v) is 20.5. The molecule has 0 unspecified atom stereocenters. The number of alkyl halides is 3. The molecule has 1 saturated heterocycles. The van der Waals surface area contributed by atoms with Crippen LogP contribution in [0.5, 0.6) is 0 Å². The van der Waals surface area contributed by atoms with Gasteiger partial charge in [0.1, 0.15) is 0 Å². The molecule has 6 amide bonds. The summed E-state index contributed by atoms with van der Waals surface area (Å²) < 4.78 is 38.8. The maximum atomic E-state index is 12.9. The molecule has 38 heavy (non-hydrogen) atoms. The molecule has 3 rings (SSSR count). The van der Waals surface area contributed by atoms with Gasteiger partial charge in [-0.15, -0.1) is 0 Å². The number of urea groups is 2. The Balaban J connectivity index is 1.54. The van der Waals surface area contributed by atoms with Gasteiger partial charge in [-0.25, -0.2) is 14.5 Å². The third-order valence-electron chi connectivity index (χ3n) is 6.03. The van der Waals surface area contributed by atoms with Crippen molar-refractivity contribution in [2.24, 2.45) is 11.5 Å². The number of nitrogen functional groups attached to an aromatic ring is 1. The fraction of sp³-hybridized carbons (Fsp3) is 0.333. The number of likely N-dealkylation sites (tertiary alicyclic amines) is 1. The van der Waals surface area contributed by atoms with E-state index in [1.807, 2.05) is 11.0 Å². The largest absolute Gasteiger partial charge is 0.416 e. The van der Waals surface area contributed by atoms with Crippen LogP contribution in [0.3, 0.4) is 0 Å². The van der Waals surface area contributed by atoms with Crippen LogP contribution in [0, 0.1) is 6.92 Å². The standard InChI is InChI=1S/C24H28F3N7O4/c1-13-2-3-14(8-19(13)34(22(29)37)23(30)38)11-33-7-6-16(12-33)32-20(35)10-31-21(36)17-9-15(24(25,26)27)4-5-18(17)28/h2-5,8-9,16H,6-7,10-12,28H2,1H3,(H2,29,37)(H2,30,38)(H,31,36)(H,32,35)/t16-/m0/s1. The van der Waals surface area contributed by atoms with E-state index in [0.29, 0.717) is 42.6 Å². The van der Waals surface area contributed by atoms with Gasteiger partial charge in [-0.2, -0.15) is 13.2 Å². The highest BCUT2D eigenvalue weighted by Gasteiger charge is 2.32. The number of amides is 6. The minimum Gasteiger partial charge on any atom is -0.398 e. The molecule has 0 spiro atoms. The summed E-state index contributed by atoms with van der Waals surface area (Å²) in [5, 5.41) is 5.07. The van der Waals surface area contributed by atoms with E-state index >= 15 is 0 Å². The summed E-state index contributed by atoms with van der Waals surface area (Å²) in [5.41, 5.74) is 16.4. The van der Waals surface area contributed by atoms with E-state index in [0.717, 1.165) is 17.7 Å². The van der Waals surface area contributed by atoms with Crippen LogP contribution in [-0.4, -0.2) is 54.5 Å². The van der Waals surface area contributed by atoms with Gasteiger partial charge in [-0.1, -0.05) is 12.1 Å². The second-order valence-corrected chi connectivity index (χ2v) is 8.90. The molecule has 0 bridgehead atoms. The van der Waals surface area contributed by atoms with E-state index < -0.39 is 42.2 Å². The number of halogens is 3. The van der Waals surface area contributed by atoms with Gasteiger partial charge in [-0.3, -0.25) is 14.5 Å². The normalized spacial score (nSPS) is 15.6. The van der Waals surface area contributed by atoms with E-state index in [-0.39, 0.29) is 23.0 Å². The van der Waals surface area contributed by atoms with Gasteiger partial charge >= 0.3 is 18.2 Å². The van der Waals surface area contributed by atoms with Crippen LogP contribution in [-0.2, 0) is 17.5 Å². The van der Waals surface area contributed by atoms with Crippen molar-refractivity contribution in [1.29, 1.82) is 0 Å². The Morgan fingerprint density at radius 3 is 2.39 bits per heavy atom. The number of nitrogens with two attached hydrogens (primary N) is 3. The summed E-state index contributed by atoms with van der Waals surface area (Å²) >= 11 is 0. The average molecular weight is 536 g/mol. The van der Waals surface area contributed by atoms with Gasteiger partial charge in [0, 0.05) is 31.4 Å². The molecule has 14 heteroatoms. The first kappa shape index (κ1) is 28.2. The molecule has 1 heterocycles. The van der Waals surface area contributed by atoms with Crippen LogP contribution in [0.2, 0.25) is 0 Å². The monoisotopic (exact) mass is 535 g/mol. The fourth-order valence-electron chi connectivity index (χ4n) is 4.16. The molecular weight excluding hydrogens is 507 g/mol. The third-order valence-corrected chi connectivity index (χ3v) is 6.03. The smallest absolute Gasteiger partial charge is 0.398 e. The number of benzene rings is 2. The number of primary amides is 2. The lowest BCUT2D eigenvalue weighted by atomic mass is 10.1. The summed E-state index contributed by atoms with van der Waals surface area (Å²) in [6, 6.07) is 5.39. The maximum absolute atomic E-state index is 12.9. The molecule has 1 atom stereocenters. The molecule has 1 aliphatic heterocycles. The van der Waals surface area contributed by atoms with Crippen LogP contribution >= 0.6 is 0 Å². The van der Waals surface area contributed by atoms with Crippen LogP contribution in [0.25, 0.3) is 0 Å². The van der Waals surface area contributed by atoms with Gasteiger partial charge in [0.15, 0.2) is 0 Å². The summed E-state index contributed by atoms with van der Waals surface area (Å²) in [4.78, 5) is 50.7. The number of imide groups is 1. The molecular formula is C24H28F3N7O4. The molecule has 2 aromatic carbocycles. The van der Waals surface area contributed by atoms with Crippen molar-refractivity contribution in [3.05, 3.63) is 58.7 Å². The Bertz CT molecular complexity index is 1240. The number of carbonyl (C=O) groups excluding carboxylic acids is 4. The molecule has 204 valence electrons. The number of hydrogen-bond donors (Lipinski definition) is 5. The van der Waals surface area contributed by atoms with Crippen molar-refractivity contribution in [3.63, 3.8) is 0 Å². The van der Waals surface area contributed by atoms with E-state index in [1.54, 1.807) is 19.1 Å². The number of carbonyl (C=O) groups is 4. The lowest BCUT2D eigenvalue weighted by Crippen LogP contribution is -2.44. The van der Waals surface area contributed by atoms with Crippen molar-refractivity contribution < 1.29 is 32.3 Å². The highest BCUT2D eigenvalue weighted by Crippen LogP contribution is 2.31. The van der Waals surface area contributed by atoms with Crippen molar-refractivity contribution >= 4 is 35.3 Å². The Kier molecular flexibility index (Phi) is 8.46. The number of hydrogen-bond acceptors (Lipinski definition) is 6. The summed E-state index contributed by atoms with van der Waals surface area (Å²) in [6.07, 6.45) is -4.02. The summed E-state index contributed by atoms with van der Waals surface area (Å²) in [5.74, 6) is -1.40. The van der Waals surface area contributed by atoms with Crippen molar-refractivity contribution in [3.8, 4) is 0 Å². The minimum absolute atomic E-state index is 0.142. The van der Waals surface area contributed by atoms with Gasteiger partial charge in [-0.05, 0) is 48.7 Å². The molecule has 0 aromatic heterocycles. The molecule has 11 nitrogen and oxygen atoms in total. The Hall–Kier alpha value is -4.33. The summed E-state index contributed by atoms with van der Waals surface area (Å²) in [7, 11) is 0. The first-order chi connectivity index (χ1) is 17.8. The molecule has 0 saturated carbocycles. The highest BCUT2D eigenvalue weighted by atomic mass is 19.4. The fourth-order valence-corrected chi connectivity index (χ4v) is 4.16. The quantitative estimate of drug-likeness (QED) is 0.337. The zero-order chi connectivity index (χ0) is 28.2. The number of nitrogens with one attached hydrogen (secondary N) is 2. The molecule has 8 N–H and O–H groups in total. The first-order valence-electron chi connectivity index (χ1n) is 11.5. The topological polar surface area (TPSA) is 177 Å². The molecule has 1 aliphatic rings. The van der Waals surface area contributed by atoms with E-state index in [2.05, 4.69) is 10.6 Å². The predicted molar refractivity (Wildman–Crippen MR) is 133 cm³/mol. The van der Waals surface area contributed by atoms with Crippen LogP contribution in [0.1, 0.15) is 33.5 Å². The van der Waals surface area contributed by atoms with Crippen LogP contribution in [0.4, 0.5) is 34.1 Å². The average Bonchev–Trinajstić information content (AvgIpc) is 3.25. The van der Waals surface area contributed by atoms with Gasteiger partial charge in [0.25, 0.3) is 5.91 Å². The predicted octanol–water partition coefficient (Wildman–Crippen LogP) is 1.68. The van der Waals surface area contributed by atoms with E-state index in [9.17, 15) is 32.3 Å². The first-order valence-corrected chi connectivity index (χ1v) is 11.5. The number of nitrogens with zero attached hydrogens (tertiary/aromatic N) is 2. The van der Waals surface area contributed by atoms with Crippen molar-refractivity contribution in [2.75, 3.05) is 30.3 Å². The number of anilines is 2. The Morgan fingerprint density at radius 1 is 1.08 bits per heavy atom. The van der Waals surface area contributed by atoms with Crippen molar-refractivity contribution in [2.45, 2.75) is 32.1 Å². The number of aryl methyl sites for hydroxylation is 1. The number of rotatable bonds is 7. The zero-order valence-electron chi connectivity index (χ0n) is 20.5. The second kappa shape index (κ2) is 11.4. The highest BCUT2D eigenvalue weighted by molar-refractivity contribution is 6.12. The minimum atomic E-state index is -4.64.